The average molecular weight is 379 g/mol. The minimum Gasteiger partial charge on any atom is -0.351 e. The second-order valence-electron chi connectivity index (χ2n) is 8.30. The molecule has 1 atom stereocenters. The molecule has 1 amide bonds. The van der Waals surface area contributed by atoms with E-state index in [4.69, 9.17) is 0 Å². The Hall–Kier alpha value is -2.17. The number of rotatable bonds is 3. The van der Waals surface area contributed by atoms with Crippen molar-refractivity contribution in [1.82, 2.24) is 10.6 Å². The average Bonchev–Trinajstić information content (AvgIpc) is 3.03. The summed E-state index contributed by atoms with van der Waals surface area (Å²) < 4.78 is 1.31. The largest absolute Gasteiger partial charge is 0.351 e. The number of hydrogen-bond acceptors (Lipinski definition) is 3. The molecule has 0 unspecified atom stereocenters. The van der Waals surface area contributed by atoms with Crippen LogP contribution in [0.15, 0.2) is 48.5 Å². The molecule has 4 rings (SSSR count). The second-order valence-corrected chi connectivity index (χ2v) is 9.44. The van der Waals surface area contributed by atoms with E-state index in [9.17, 15) is 4.79 Å². The highest BCUT2D eigenvalue weighted by Crippen LogP contribution is 2.34. The van der Waals surface area contributed by atoms with Gasteiger partial charge in [0.25, 0.3) is 0 Å². The number of thiophene rings is 1. The standard InChI is InChI=1S/C23H26N2OS/c1-23(2,3)16-10-8-15(9-11-16)13-25-22(26)19-12-18-17-6-4-5-7-20(17)27-21(18)14-24-19/h4-11,19,24H,12-14H2,1-3H3,(H,25,26)/t19-/m1/s1. The molecule has 27 heavy (non-hydrogen) atoms. The number of amides is 1. The lowest BCUT2D eigenvalue weighted by Crippen LogP contribution is -2.47. The van der Waals surface area contributed by atoms with Crippen LogP contribution in [0.4, 0.5) is 0 Å². The normalized spacial score (nSPS) is 16.9. The van der Waals surface area contributed by atoms with Crippen molar-refractivity contribution < 1.29 is 4.79 Å². The Labute approximate surface area is 164 Å². The van der Waals surface area contributed by atoms with Crippen LogP contribution in [0.1, 0.15) is 42.3 Å². The number of carbonyl (C=O) groups excluding carboxylic acids is 1. The van der Waals surface area contributed by atoms with Gasteiger partial charge in [-0.2, -0.15) is 0 Å². The molecular weight excluding hydrogens is 352 g/mol. The molecule has 2 aromatic carbocycles. The van der Waals surface area contributed by atoms with Gasteiger partial charge >= 0.3 is 0 Å². The fraction of sp³-hybridized carbons (Fsp3) is 0.348. The maximum absolute atomic E-state index is 12.7. The molecule has 2 heterocycles. The van der Waals surface area contributed by atoms with Crippen LogP contribution in [0.2, 0.25) is 0 Å². The summed E-state index contributed by atoms with van der Waals surface area (Å²) in [6.07, 6.45) is 0.758. The zero-order valence-corrected chi connectivity index (χ0v) is 17.0. The lowest BCUT2D eigenvalue weighted by Gasteiger charge is -2.23. The van der Waals surface area contributed by atoms with Gasteiger partial charge in [0.1, 0.15) is 0 Å². The van der Waals surface area contributed by atoms with E-state index in [0.717, 1.165) is 18.5 Å². The highest BCUT2D eigenvalue weighted by molar-refractivity contribution is 7.19. The molecule has 0 saturated carbocycles. The van der Waals surface area contributed by atoms with Crippen LogP contribution in [0.25, 0.3) is 10.1 Å². The SMILES string of the molecule is CC(C)(C)c1ccc(CNC(=O)[C@H]2Cc3c(sc4ccccc34)CN2)cc1. The Morgan fingerprint density at radius 1 is 1.15 bits per heavy atom. The number of benzene rings is 2. The van der Waals surface area contributed by atoms with E-state index >= 15 is 0 Å². The molecule has 140 valence electrons. The van der Waals surface area contributed by atoms with E-state index in [2.05, 4.69) is 79.9 Å². The third-order valence-electron chi connectivity index (χ3n) is 5.30. The van der Waals surface area contributed by atoms with Crippen LogP contribution < -0.4 is 10.6 Å². The molecule has 0 radical (unpaired) electrons. The summed E-state index contributed by atoms with van der Waals surface area (Å²) >= 11 is 1.83. The molecule has 0 bridgehead atoms. The van der Waals surface area contributed by atoms with Gasteiger partial charge in [0.15, 0.2) is 0 Å². The molecule has 1 aliphatic heterocycles. The Morgan fingerprint density at radius 2 is 1.89 bits per heavy atom. The summed E-state index contributed by atoms with van der Waals surface area (Å²) in [6, 6.07) is 16.9. The molecule has 3 nitrogen and oxygen atoms in total. The Kier molecular flexibility index (Phi) is 4.79. The maximum Gasteiger partial charge on any atom is 0.237 e. The minimum absolute atomic E-state index is 0.0795. The van der Waals surface area contributed by atoms with Gasteiger partial charge in [0, 0.05) is 22.7 Å². The van der Waals surface area contributed by atoms with Crippen molar-refractivity contribution in [2.45, 2.75) is 51.7 Å². The molecular formula is C23H26N2OS. The number of carbonyl (C=O) groups is 1. The first-order chi connectivity index (χ1) is 12.9. The lowest BCUT2D eigenvalue weighted by atomic mass is 9.87. The number of nitrogens with one attached hydrogen (secondary N) is 2. The Bertz CT molecular complexity index is 966. The van der Waals surface area contributed by atoms with Crippen molar-refractivity contribution in [1.29, 1.82) is 0 Å². The van der Waals surface area contributed by atoms with Crippen molar-refractivity contribution in [2.24, 2.45) is 0 Å². The van der Waals surface area contributed by atoms with E-state index in [1.807, 2.05) is 11.3 Å². The quantitative estimate of drug-likeness (QED) is 0.703. The predicted octanol–water partition coefficient (Wildman–Crippen LogP) is 4.53. The molecule has 3 aromatic rings. The molecule has 0 spiro atoms. The molecule has 2 N–H and O–H groups in total. The molecule has 1 aromatic heterocycles. The summed E-state index contributed by atoms with van der Waals surface area (Å²) in [5.74, 6) is 0.0795. The fourth-order valence-corrected chi connectivity index (χ4v) is 4.81. The fourth-order valence-electron chi connectivity index (χ4n) is 3.63. The van der Waals surface area contributed by atoms with Crippen molar-refractivity contribution in [3.8, 4) is 0 Å². The lowest BCUT2D eigenvalue weighted by molar-refractivity contribution is -0.123. The van der Waals surface area contributed by atoms with Crippen molar-refractivity contribution in [3.05, 3.63) is 70.1 Å². The van der Waals surface area contributed by atoms with Gasteiger partial charge in [0.05, 0.1) is 6.04 Å². The van der Waals surface area contributed by atoms with Crippen LogP contribution in [0.3, 0.4) is 0 Å². The number of hydrogen-bond donors (Lipinski definition) is 2. The van der Waals surface area contributed by atoms with E-state index in [1.165, 1.54) is 26.1 Å². The van der Waals surface area contributed by atoms with Gasteiger partial charge < -0.3 is 10.6 Å². The van der Waals surface area contributed by atoms with Gasteiger partial charge in [0.2, 0.25) is 5.91 Å². The van der Waals surface area contributed by atoms with E-state index in [1.54, 1.807) is 0 Å². The molecule has 0 fully saturated rings. The second kappa shape index (κ2) is 7.10. The zero-order valence-electron chi connectivity index (χ0n) is 16.1. The van der Waals surface area contributed by atoms with Crippen LogP contribution in [-0.4, -0.2) is 11.9 Å². The summed E-state index contributed by atoms with van der Waals surface area (Å²) in [7, 11) is 0. The van der Waals surface area contributed by atoms with E-state index in [0.29, 0.717) is 6.54 Å². The third-order valence-corrected chi connectivity index (χ3v) is 6.52. The van der Waals surface area contributed by atoms with Crippen LogP contribution in [0.5, 0.6) is 0 Å². The Balaban J connectivity index is 1.41. The Morgan fingerprint density at radius 3 is 2.63 bits per heavy atom. The first-order valence-electron chi connectivity index (χ1n) is 9.51. The first kappa shape index (κ1) is 18.2. The molecule has 0 saturated heterocycles. The summed E-state index contributed by atoms with van der Waals surface area (Å²) in [5.41, 5.74) is 3.93. The summed E-state index contributed by atoms with van der Waals surface area (Å²) in [5, 5.41) is 7.80. The smallest absolute Gasteiger partial charge is 0.237 e. The summed E-state index contributed by atoms with van der Waals surface area (Å²) in [4.78, 5) is 14.1. The van der Waals surface area contributed by atoms with Gasteiger partial charge in [-0.3, -0.25) is 4.79 Å². The van der Waals surface area contributed by atoms with Crippen LogP contribution >= 0.6 is 11.3 Å². The summed E-state index contributed by atoms with van der Waals surface area (Å²) in [6.45, 7) is 7.97. The van der Waals surface area contributed by atoms with Gasteiger partial charge in [-0.15, -0.1) is 11.3 Å². The minimum atomic E-state index is -0.163. The molecule has 4 heteroatoms. The van der Waals surface area contributed by atoms with Gasteiger partial charge in [-0.1, -0.05) is 63.2 Å². The van der Waals surface area contributed by atoms with Gasteiger partial charge in [-0.25, -0.2) is 0 Å². The van der Waals surface area contributed by atoms with E-state index in [-0.39, 0.29) is 17.4 Å². The monoisotopic (exact) mass is 378 g/mol. The van der Waals surface area contributed by atoms with Crippen molar-refractivity contribution >= 4 is 27.3 Å². The van der Waals surface area contributed by atoms with Crippen molar-refractivity contribution in [2.75, 3.05) is 0 Å². The van der Waals surface area contributed by atoms with Crippen LogP contribution in [0, 0.1) is 0 Å². The number of fused-ring (bicyclic) bond motifs is 3. The maximum atomic E-state index is 12.7. The van der Waals surface area contributed by atoms with Crippen molar-refractivity contribution in [3.63, 3.8) is 0 Å². The van der Waals surface area contributed by atoms with Gasteiger partial charge in [-0.05, 0) is 40.0 Å². The molecule has 0 aliphatic carbocycles. The predicted molar refractivity (Wildman–Crippen MR) is 113 cm³/mol. The topological polar surface area (TPSA) is 41.1 Å². The highest BCUT2D eigenvalue weighted by Gasteiger charge is 2.26. The first-order valence-corrected chi connectivity index (χ1v) is 10.3. The highest BCUT2D eigenvalue weighted by atomic mass is 32.1. The third kappa shape index (κ3) is 3.78. The zero-order chi connectivity index (χ0) is 19.0. The molecule has 1 aliphatic rings. The van der Waals surface area contributed by atoms with E-state index < -0.39 is 0 Å². The van der Waals surface area contributed by atoms with Crippen LogP contribution in [-0.2, 0) is 29.7 Å².